The summed E-state index contributed by atoms with van der Waals surface area (Å²) in [5, 5.41) is 0. The lowest BCUT2D eigenvalue weighted by molar-refractivity contribution is -0.870. The number of likely N-dealkylation sites (N-methyl/N-ethyl adjacent to an activating group) is 1. The van der Waals surface area contributed by atoms with E-state index in [2.05, 4.69) is 26.0 Å². The lowest BCUT2D eigenvalue weighted by Gasteiger charge is -2.30. The molecule has 0 aromatic rings. The minimum atomic E-state index is -4.70. The van der Waals surface area contributed by atoms with Crippen LogP contribution in [0.1, 0.15) is 208 Å². The molecule has 0 heterocycles. The van der Waals surface area contributed by atoms with Gasteiger partial charge in [-0.3, -0.25) is 4.57 Å². The van der Waals surface area contributed by atoms with E-state index >= 15 is 0 Å². The number of allylic oxidation sites excluding steroid dienone is 2. The van der Waals surface area contributed by atoms with E-state index < -0.39 is 13.9 Å². The van der Waals surface area contributed by atoms with Crippen molar-refractivity contribution in [3.63, 3.8) is 0 Å². The molecule has 0 saturated heterocycles. The average molecular weight is 761 g/mol. The highest BCUT2D eigenvalue weighted by Crippen LogP contribution is 2.40. The summed E-state index contributed by atoms with van der Waals surface area (Å²) < 4.78 is 44.0. The van der Waals surface area contributed by atoms with Gasteiger partial charge < -0.3 is 27.9 Å². The molecule has 2 unspecified atom stereocenters. The molecule has 0 saturated carbocycles. The van der Waals surface area contributed by atoms with Gasteiger partial charge in [0.05, 0.1) is 35.7 Å². The van der Waals surface area contributed by atoms with Crippen molar-refractivity contribution in [2.24, 2.45) is 0 Å². The minimum absolute atomic E-state index is 0.00323. The number of phosphoric ester groups is 1. The molecule has 0 amide bonds. The van der Waals surface area contributed by atoms with E-state index in [1.807, 2.05) is 21.1 Å². The molecule has 0 rings (SSSR count). The zero-order valence-electron chi connectivity index (χ0n) is 36.5. The molecule has 312 valence electrons. The molecule has 0 fully saturated rings. The summed E-state index contributed by atoms with van der Waals surface area (Å²) >= 11 is 0. The normalized spacial score (nSPS) is 14.9. The Morgan fingerprint density at radius 3 is 1.21 bits per heavy atom. The Bertz CT molecular complexity index is 841. The topological polar surface area (TPSA) is 77.1 Å². The molecule has 7 nitrogen and oxygen atoms in total. The summed E-state index contributed by atoms with van der Waals surface area (Å²) in [5.74, 6) is 0. The molecule has 0 aliphatic carbocycles. The Labute approximate surface area is 326 Å². The first-order valence-electron chi connectivity index (χ1n) is 22.8. The van der Waals surface area contributed by atoms with Gasteiger partial charge in [0.2, 0.25) is 0 Å². The van der Waals surface area contributed by atoms with Crippen molar-refractivity contribution >= 4 is 7.82 Å². The Hall–Kier alpha value is -0.270. The van der Waals surface area contributed by atoms with Gasteiger partial charge in [-0.2, -0.15) is 0 Å². The van der Waals surface area contributed by atoms with Gasteiger partial charge in [-0.1, -0.05) is 180 Å². The fourth-order valence-electron chi connectivity index (χ4n) is 6.28. The summed E-state index contributed by atoms with van der Waals surface area (Å²) in [6.45, 7) is 5.63. The van der Waals surface area contributed by atoms with Crippen LogP contribution in [0.3, 0.4) is 0 Å². The van der Waals surface area contributed by atoms with Crippen molar-refractivity contribution in [3.05, 3.63) is 12.2 Å². The van der Waals surface area contributed by atoms with Crippen LogP contribution in [0, 0.1) is 0 Å². The Kier molecular flexibility index (Phi) is 37.3. The maximum atomic E-state index is 12.7. The first kappa shape index (κ1) is 49.7. The molecule has 0 aliphatic rings. The molecule has 2 atom stereocenters. The molecule has 0 N–H and O–H groups in total. The third-order valence-corrected chi connectivity index (χ3v) is 10.7. The summed E-state index contributed by atoms with van der Waals surface area (Å²) in [6, 6.07) is 0. The highest BCUT2D eigenvalue weighted by atomic mass is 31.2. The lowest BCUT2D eigenvalue weighted by Crippen LogP contribution is -2.38. The monoisotopic (exact) mass is 761 g/mol. The number of hydrogen-bond donors (Lipinski definition) is 0. The van der Waals surface area contributed by atoms with Gasteiger partial charge in [-0.05, 0) is 38.5 Å². The third kappa shape index (κ3) is 42.5. The predicted molar refractivity (Wildman–Crippen MR) is 222 cm³/mol. The molecule has 0 spiro atoms. The zero-order valence-corrected chi connectivity index (χ0v) is 36.3. The number of nitrogens with zero attached hydrogens (tertiary/aromatic N) is 1. The molecular formula is C44H90NO6P. The molecule has 0 aromatic carbocycles. The fraction of sp³-hybridized carbons (Fsp3) is 0.955. The van der Waals surface area contributed by atoms with Gasteiger partial charge in [0.1, 0.15) is 19.2 Å². The maximum absolute atomic E-state index is 12.7. The molecule has 52 heavy (non-hydrogen) atoms. The van der Waals surface area contributed by atoms with Gasteiger partial charge >= 0.3 is 0 Å². The number of rotatable bonds is 43. The zero-order chi connectivity index (χ0) is 39.2. The van der Waals surface area contributed by atoms with Crippen molar-refractivity contribution < 1.29 is 33.8 Å². The van der Waals surface area contributed by atoms with E-state index in [-0.39, 0.29) is 19.8 Å². The number of ether oxygens (including phenoxy) is 2. The van der Waals surface area contributed by atoms with Gasteiger partial charge in [0.15, 0.2) is 0 Å². The van der Waals surface area contributed by atoms with Crippen LogP contribution in [0.25, 0.3) is 0 Å². The second-order valence-corrected chi connectivity index (χ2v) is 17.6. The third-order valence-electron chi connectivity index (χ3n) is 9.72. The first-order valence-corrected chi connectivity index (χ1v) is 23.8. The van der Waals surface area contributed by atoms with Crippen LogP contribution in [0.5, 0.6) is 0 Å². The molecular weight excluding hydrogens is 669 g/mol. The van der Waals surface area contributed by atoms with Gasteiger partial charge in [-0.25, -0.2) is 0 Å². The summed E-state index contributed by atoms with van der Waals surface area (Å²) in [6.07, 6.45) is 41.1. The Morgan fingerprint density at radius 2 is 0.865 bits per heavy atom. The van der Waals surface area contributed by atoms with Gasteiger partial charge in [0.25, 0.3) is 7.82 Å². The largest absolute Gasteiger partial charge is 0.756 e. The van der Waals surface area contributed by atoms with Crippen LogP contribution in [-0.2, 0) is 23.1 Å². The number of quaternary nitrogens is 1. The maximum Gasteiger partial charge on any atom is 0.268 e. The van der Waals surface area contributed by atoms with Crippen molar-refractivity contribution in [1.29, 1.82) is 0 Å². The summed E-state index contributed by atoms with van der Waals surface area (Å²) in [7, 11) is 1.19. The van der Waals surface area contributed by atoms with Crippen LogP contribution in [-0.4, -0.2) is 71.3 Å². The van der Waals surface area contributed by atoms with Gasteiger partial charge in [-0.15, -0.1) is 0 Å². The van der Waals surface area contributed by atoms with Crippen molar-refractivity contribution in [2.75, 3.05) is 60.7 Å². The molecule has 0 aliphatic heterocycles. The molecule has 0 bridgehead atoms. The number of unbranched alkanes of at least 4 members (excludes halogenated alkanes) is 27. The van der Waals surface area contributed by atoms with Crippen LogP contribution in [0.15, 0.2) is 12.2 Å². The van der Waals surface area contributed by atoms with Crippen molar-refractivity contribution in [1.82, 2.24) is 0 Å². The minimum Gasteiger partial charge on any atom is -0.756 e. The second kappa shape index (κ2) is 39.0. The molecule has 8 heteroatoms. The average Bonchev–Trinajstić information content (AvgIpc) is 3.09. The molecule has 0 aromatic heterocycles. The van der Waals surface area contributed by atoms with E-state index in [9.17, 15) is 9.46 Å². The highest BCUT2D eigenvalue weighted by molar-refractivity contribution is 7.45. The highest BCUT2D eigenvalue weighted by Gasteiger charge is 2.20. The van der Waals surface area contributed by atoms with Crippen LogP contribution >= 0.6 is 7.82 Å². The first-order chi connectivity index (χ1) is 25.5. The summed E-state index contributed by atoms with van der Waals surface area (Å²) in [4.78, 5) is 12.7. The van der Waals surface area contributed by atoms with E-state index in [1.165, 1.54) is 161 Å². The molecule has 0 radical (unpaired) electrons. The second-order valence-electron chi connectivity index (χ2n) is 16.3. The predicted octanol–water partition coefficient (Wildman–Crippen LogP) is 12.9. The number of hydrogen-bond acceptors (Lipinski definition) is 6. The van der Waals surface area contributed by atoms with E-state index in [1.54, 1.807) is 0 Å². The fourth-order valence-corrected chi connectivity index (χ4v) is 7.06. The smallest absolute Gasteiger partial charge is 0.268 e. The SMILES string of the molecule is [2H]C(COCCCCCCCC/C=C\CCCCCCCC)(COCCCCCCCCCCCCCCCCCC)OP(=O)([O-])OCC[N+](C)(C)C. The van der Waals surface area contributed by atoms with Crippen LogP contribution in [0.2, 0.25) is 0 Å². The van der Waals surface area contributed by atoms with Crippen molar-refractivity contribution in [3.8, 4) is 0 Å². The van der Waals surface area contributed by atoms with E-state index in [0.29, 0.717) is 24.2 Å². The van der Waals surface area contributed by atoms with Crippen LogP contribution in [0.4, 0.5) is 0 Å². The lowest BCUT2D eigenvalue weighted by atomic mass is 10.0. The van der Waals surface area contributed by atoms with Crippen LogP contribution < -0.4 is 4.89 Å². The van der Waals surface area contributed by atoms with E-state index in [4.69, 9.17) is 19.9 Å². The van der Waals surface area contributed by atoms with Crippen molar-refractivity contribution in [2.45, 2.75) is 213 Å². The quantitative estimate of drug-likeness (QED) is 0.0267. The Morgan fingerprint density at radius 1 is 0.538 bits per heavy atom. The standard InChI is InChI=1S/C44H90NO6P/c1-6-8-10-12-14-16-18-20-22-24-26-28-30-32-34-36-39-48-42-44(51-52(46,47)50-41-38-45(3,4)5)43-49-40-37-35-33-31-29-27-25-23-21-19-17-15-13-11-9-7-2/h20,22,44H,6-19,21,23-43H2,1-5H3/b22-20-/i44D. The van der Waals surface area contributed by atoms with Gasteiger partial charge in [0, 0.05) is 13.2 Å². The Balaban J connectivity index is 4.17. The van der Waals surface area contributed by atoms with E-state index in [0.717, 1.165) is 32.1 Å². The summed E-state index contributed by atoms with van der Waals surface area (Å²) in [5.41, 5.74) is 0. The number of phosphoric acid groups is 1.